The third-order valence-corrected chi connectivity index (χ3v) is 6.34. The molecule has 1 aromatic heterocycles. The van der Waals surface area contributed by atoms with Crippen molar-refractivity contribution >= 4 is 57.0 Å². The molecule has 0 unspecified atom stereocenters. The summed E-state index contributed by atoms with van der Waals surface area (Å²) >= 11 is 7.44. The third-order valence-electron chi connectivity index (χ3n) is 3.57. The minimum absolute atomic E-state index is 0. The van der Waals surface area contributed by atoms with Gasteiger partial charge in [-0.15, -0.1) is 35.5 Å². The van der Waals surface area contributed by atoms with E-state index in [0.29, 0.717) is 0 Å². The van der Waals surface area contributed by atoms with Gasteiger partial charge in [0.05, 0.1) is 4.21 Å². The molecular formula is C17H19BrClNS2. The van der Waals surface area contributed by atoms with Crippen molar-refractivity contribution in [2.24, 2.45) is 0 Å². The van der Waals surface area contributed by atoms with Crippen molar-refractivity contribution in [1.29, 1.82) is 0 Å². The van der Waals surface area contributed by atoms with Gasteiger partial charge in [0.15, 0.2) is 0 Å². The Morgan fingerprint density at radius 2 is 2.05 bits per heavy atom. The van der Waals surface area contributed by atoms with Gasteiger partial charge in [0, 0.05) is 22.3 Å². The summed E-state index contributed by atoms with van der Waals surface area (Å²) in [7, 11) is 4.25. The maximum Gasteiger partial charge on any atom is 0.0680 e. The molecule has 118 valence electrons. The topological polar surface area (TPSA) is 3.24 Å². The Balaban J connectivity index is 0.00000176. The molecule has 2 heterocycles. The Hall–Kier alpha value is -0.260. The first-order valence-electron chi connectivity index (χ1n) is 6.99. The molecule has 1 aliphatic rings. The summed E-state index contributed by atoms with van der Waals surface area (Å²) in [5, 5.41) is 2.21. The van der Waals surface area contributed by atoms with Crippen LogP contribution in [0.2, 0.25) is 0 Å². The van der Waals surface area contributed by atoms with Crippen LogP contribution in [0.3, 0.4) is 0 Å². The molecule has 0 saturated heterocycles. The van der Waals surface area contributed by atoms with Gasteiger partial charge in [0.25, 0.3) is 0 Å². The van der Waals surface area contributed by atoms with Crippen LogP contribution in [0.25, 0.3) is 5.57 Å². The predicted octanol–water partition coefficient (Wildman–Crippen LogP) is 5.92. The molecule has 0 fully saturated rings. The van der Waals surface area contributed by atoms with Gasteiger partial charge in [0.1, 0.15) is 0 Å². The van der Waals surface area contributed by atoms with E-state index in [-0.39, 0.29) is 12.4 Å². The second kappa shape index (κ2) is 8.02. The van der Waals surface area contributed by atoms with Gasteiger partial charge in [0.2, 0.25) is 0 Å². The summed E-state index contributed by atoms with van der Waals surface area (Å²) in [6.07, 6.45) is 3.48. The number of nitrogens with zero attached hydrogens (tertiary/aromatic N) is 1. The maximum absolute atomic E-state index is 3.63. The van der Waals surface area contributed by atoms with Crippen molar-refractivity contribution in [1.82, 2.24) is 4.90 Å². The molecule has 0 aliphatic carbocycles. The lowest BCUT2D eigenvalue weighted by Gasteiger charge is -2.12. The molecule has 2 aromatic rings. The average molecular weight is 417 g/mol. The van der Waals surface area contributed by atoms with Crippen LogP contribution in [0.1, 0.15) is 23.1 Å². The normalized spacial score (nSPS) is 15.2. The Morgan fingerprint density at radius 1 is 1.23 bits per heavy atom. The largest absolute Gasteiger partial charge is 0.309 e. The molecule has 22 heavy (non-hydrogen) atoms. The lowest BCUT2D eigenvalue weighted by atomic mass is 9.95. The fraction of sp³-hybridized carbons (Fsp3) is 0.294. The Labute approximate surface area is 155 Å². The lowest BCUT2D eigenvalue weighted by Crippen LogP contribution is -2.12. The maximum atomic E-state index is 3.63. The van der Waals surface area contributed by atoms with Gasteiger partial charge in [-0.1, -0.05) is 28.1 Å². The third kappa shape index (κ3) is 3.98. The molecule has 1 nitrogen and oxygen atoms in total. The predicted molar refractivity (Wildman–Crippen MR) is 106 cm³/mol. The second-order valence-corrected chi connectivity index (χ2v) is 8.50. The summed E-state index contributed by atoms with van der Waals surface area (Å²) in [5.74, 6) is 1.06. The SMILES string of the molecule is CN(C)CC/C=C1\c2cc(Br)ccc2CSc2sccc21.Cl. The van der Waals surface area contributed by atoms with E-state index in [2.05, 4.69) is 70.6 Å². The molecule has 1 aliphatic heterocycles. The summed E-state index contributed by atoms with van der Waals surface area (Å²) in [4.78, 5) is 2.23. The van der Waals surface area contributed by atoms with Crippen LogP contribution in [0.15, 0.2) is 44.4 Å². The fourth-order valence-corrected chi connectivity index (χ4v) is 4.99. The van der Waals surface area contributed by atoms with E-state index >= 15 is 0 Å². The Bertz CT molecular complexity index is 679. The number of benzene rings is 1. The molecule has 0 saturated carbocycles. The lowest BCUT2D eigenvalue weighted by molar-refractivity contribution is 0.417. The minimum Gasteiger partial charge on any atom is -0.309 e. The average Bonchev–Trinajstić information content (AvgIpc) is 2.85. The second-order valence-electron chi connectivity index (χ2n) is 5.42. The summed E-state index contributed by atoms with van der Waals surface area (Å²) < 4.78 is 2.60. The number of thioether (sulfide) groups is 1. The van der Waals surface area contributed by atoms with Crippen molar-refractivity contribution in [2.45, 2.75) is 16.4 Å². The van der Waals surface area contributed by atoms with Gasteiger partial charge in [-0.05, 0) is 60.8 Å². The van der Waals surface area contributed by atoms with E-state index in [4.69, 9.17) is 0 Å². The van der Waals surface area contributed by atoms with Gasteiger partial charge in [-0.25, -0.2) is 0 Å². The molecular weight excluding hydrogens is 398 g/mol. The minimum atomic E-state index is 0. The molecule has 0 amide bonds. The van der Waals surface area contributed by atoms with E-state index in [0.717, 1.165) is 23.2 Å². The number of rotatable bonds is 3. The van der Waals surface area contributed by atoms with E-state index < -0.39 is 0 Å². The molecule has 0 atom stereocenters. The van der Waals surface area contributed by atoms with Crippen molar-refractivity contribution in [2.75, 3.05) is 20.6 Å². The number of hydrogen-bond donors (Lipinski definition) is 0. The van der Waals surface area contributed by atoms with Crippen molar-refractivity contribution in [3.8, 4) is 0 Å². The standard InChI is InChI=1S/C17H18BrNS2.ClH/c1-19(2)8-3-4-14-15-7-9-20-17(15)21-11-12-5-6-13(18)10-16(12)14;/h4-7,9-10H,3,8,11H2,1-2H3;1H/b14-4-;. The fourth-order valence-electron chi connectivity index (χ4n) is 2.51. The smallest absolute Gasteiger partial charge is 0.0680 e. The molecule has 0 bridgehead atoms. The highest BCUT2D eigenvalue weighted by molar-refractivity contribution is 9.10. The Kier molecular flexibility index (Phi) is 6.59. The number of fused-ring (bicyclic) bond motifs is 2. The molecule has 3 rings (SSSR count). The summed E-state index contributed by atoms with van der Waals surface area (Å²) in [5.41, 5.74) is 5.62. The van der Waals surface area contributed by atoms with Crippen LogP contribution in [0.5, 0.6) is 0 Å². The first-order chi connectivity index (χ1) is 10.1. The quantitative estimate of drug-likeness (QED) is 0.611. The van der Waals surface area contributed by atoms with Crippen LogP contribution in [-0.2, 0) is 5.75 Å². The highest BCUT2D eigenvalue weighted by atomic mass is 79.9. The van der Waals surface area contributed by atoms with Gasteiger partial charge in [-0.2, -0.15) is 0 Å². The van der Waals surface area contributed by atoms with Gasteiger partial charge >= 0.3 is 0 Å². The van der Waals surface area contributed by atoms with Crippen molar-refractivity contribution < 1.29 is 0 Å². The summed E-state index contributed by atoms with van der Waals surface area (Å²) in [6.45, 7) is 1.08. The van der Waals surface area contributed by atoms with Gasteiger partial charge in [-0.3, -0.25) is 0 Å². The number of hydrogen-bond acceptors (Lipinski definition) is 3. The molecule has 0 radical (unpaired) electrons. The highest BCUT2D eigenvalue weighted by Gasteiger charge is 2.19. The van der Waals surface area contributed by atoms with E-state index in [1.54, 1.807) is 0 Å². The Morgan fingerprint density at radius 3 is 2.82 bits per heavy atom. The first kappa shape index (κ1) is 18.1. The zero-order valence-electron chi connectivity index (χ0n) is 12.6. The zero-order valence-corrected chi connectivity index (χ0v) is 16.7. The van der Waals surface area contributed by atoms with Crippen LogP contribution >= 0.6 is 51.4 Å². The molecule has 1 aromatic carbocycles. The van der Waals surface area contributed by atoms with Crippen LogP contribution in [-0.4, -0.2) is 25.5 Å². The molecule has 0 N–H and O–H groups in total. The van der Waals surface area contributed by atoms with E-state index in [9.17, 15) is 0 Å². The van der Waals surface area contributed by atoms with Crippen LogP contribution in [0, 0.1) is 0 Å². The summed E-state index contributed by atoms with van der Waals surface area (Å²) in [6, 6.07) is 8.94. The monoisotopic (exact) mass is 415 g/mol. The van der Waals surface area contributed by atoms with E-state index in [1.165, 1.54) is 26.5 Å². The highest BCUT2D eigenvalue weighted by Crippen LogP contribution is 2.43. The van der Waals surface area contributed by atoms with Crippen LogP contribution < -0.4 is 0 Å². The van der Waals surface area contributed by atoms with E-state index in [1.807, 2.05) is 23.1 Å². The van der Waals surface area contributed by atoms with Crippen molar-refractivity contribution in [3.63, 3.8) is 0 Å². The van der Waals surface area contributed by atoms with Crippen LogP contribution in [0.4, 0.5) is 0 Å². The number of thiophene rings is 1. The molecule has 0 spiro atoms. The molecule has 5 heteroatoms. The van der Waals surface area contributed by atoms with Crippen molar-refractivity contribution in [3.05, 3.63) is 56.9 Å². The van der Waals surface area contributed by atoms with Gasteiger partial charge < -0.3 is 4.90 Å². The first-order valence-corrected chi connectivity index (χ1v) is 9.65. The number of halogens is 2. The zero-order chi connectivity index (χ0) is 14.8.